The third-order valence-corrected chi connectivity index (χ3v) is 6.84. The zero-order valence-corrected chi connectivity index (χ0v) is 19.6. The van der Waals surface area contributed by atoms with Gasteiger partial charge in [-0.15, -0.1) is 11.8 Å². The van der Waals surface area contributed by atoms with E-state index in [0.29, 0.717) is 43.8 Å². The lowest BCUT2D eigenvalue weighted by Crippen LogP contribution is -2.16. The Kier molecular flexibility index (Phi) is 12.9. The highest BCUT2D eigenvalue weighted by Crippen LogP contribution is 2.47. The van der Waals surface area contributed by atoms with Crippen molar-refractivity contribution in [3.05, 3.63) is 22.6 Å². The van der Waals surface area contributed by atoms with E-state index in [1.807, 2.05) is 0 Å². The molecule has 0 amide bonds. The van der Waals surface area contributed by atoms with Crippen molar-refractivity contribution in [2.75, 3.05) is 12.9 Å². The van der Waals surface area contributed by atoms with Gasteiger partial charge in [-0.3, -0.25) is 4.79 Å². The largest absolute Gasteiger partial charge is 0.469 e. The number of unbranched alkanes of at least 4 members (excludes halogenated alkanes) is 3. The van der Waals surface area contributed by atoms with E-state index in [-0.39, 0.29) is 10.9 Å². The second-order valence-electron chi connectivity index (χ2n) is 8.31. The molecular weight excluding hydrogens is 429 g/mol. The smallest absolute Gasteiger partial charge is 0.413 e. The summed E-state index contributed by atoms with van der Waals surface area (Å²) in [6.45, 7) is 4.16. The average molecular weight is 467 g/mol. The summed E-state index contributed by atoms with van der Waals surface area (Å²) in [7, 11) is 1.32. The van der Waals surface area contributed by atoms with Gasteiger partial charge in [0.2, 0.25) is 0 Å². The first-order chi connectivity index (χ1) is 14.6. The Morgan fingerprint density at radius 1 is 1.29 bits per heavy atom. The Bertz CT molecular complexity index is 604. The van der Waals surface area contributed by atoms with E-state index in [1.165, 1.54) is 13.2 Å². The van der Waals surface area contributed by atoms with E-state index in [2.05, 4.69) is 18.6 Å². The van der Waals surface area contributed by atoms with Crippen LogP contribution in [0.25, 0.3) is 0 Å². The maximum Gasteiger partial charge on any atom is 0.413 e. The number of hydrogen-bond acceptors (Lipinski definition) is 5. The van der Waals surface area contributed by atoms with Crippen LogP contribution < -0.4 is 0 Å². The van der Waals surface area contributed by atoms with Gasteiger partial charge in [-0.2, -0.15) is 13.2 Å². The monoisotopic (exact) mass is 466 g/mol. The maximum atomic E-state index is 13.5. The third kappa shape index (κ3) is 10.4. The SMILES string of the molecule is CCCC[C@@H](C)C[C@H](O)/C=C/[C@@H]1C(SCCCCCC(=O)OC)=C(C(F)(F)F)C[C@H]1O. The number of carbonyl (C=O) groups excluding carboxylic acids is 1. The zero-order chi connectivity index (χ0) is 23.4. The molecule has 0 fully saturated rings. The number of ether oxygens (including phenoxy) is 1. The number of methoxy groups -OCH3 is 1. The number of hydrogen-bond donors (Lipinski definition) is 2. The standard InChI is InChI=1S/C23H37F3O4S/c1-4-5-9-16(2)14-17(27)11-12-18-20(28)15-19(23(24,25)26)22(18)31-13-8-6-7-10-21(29)30-3/h11-12,16-18,20,27-28H,4-10,13-15H2,1-3H3/b12-11+/t16-,17-,18+,20-/m1/s1. The van der Waals surface area contributed by atoms with Crippen LogP contribution >= 0.6 is 11.8 Å². The number of carbonyl (C=O) groups is 1. The molecule has 2 N–H and O–H groups in total. The Labute approximate surface area is 188 Å². The molecule has 0 aliphatic heterocycles. The van der Waals surface area contributed by atoms with Crippen LogP contribution in [0.1, 0.15) is 71.6 Å². The Morgan fingerprint density at radius 3 is 2.61 bits per heavy atom. The lowest BCUT2D eigenvalue weighted by atomic mass is 9.96. The van der Waals surface area contributed by atoms with E-state index >= 15 is 0 Å². The van der Waals surface area contributed by atoms with Gasteiger partial charge in [0.1, 0.15) is 0 Å². The number of rotatable bonds is 14. The number of aliphatic hydroxyl groups excluding tert-OH is 2. The first-order valence-corrected chi connectivity index (χ1v) is 12.1. The van der Waals surface area contributed by atoms with Crippen molar-refractivity contribution in [2.45, 2.75) is 90.0 Å². The number of aliphatic hydroxyl groups is 2. The Hall–Kier alpha value is -0.990. The Balaban J connectivity index is 2.71. The van der Waals surface area contributed by atoms with E-state index in [0.717, 1.165) is 31.0 Å². The molecule has 0 saturated carbocycles. The molecule has 0 unspecified atom stereocenters. The molecular formula is C23H37F3O4S. The Morgan fingerprint density at radius 2 is 2.00 bits per heavy atom. The average Bonchev–Trinajstić information content (AvgIpc) is 3.02. The second-order valence-corrected chi connectivity index (χ2v) is 9.45. The van der Waals surface area contributed by atoms with Crippen LogP contribution in [0.3, 0.4) is 0 Å². The van der Waals surface area contributed by atoms with Crippen LogP contribution in [-0.2, 0) is 9.53 Å². The van der Waals surface area contributed by atoms with Crippen LogP contribution in [0.15, 0.2) is 22.6 Å². The minimum Gasteiger partial charge on any atom is -0.469 e. The van der Waals surface area contributed by atoms with Gasteiger partial charge in [0.05, 0.1) is 19.3 Å². The van der Waals surface area contributed by atoms with E-state index < -0.39 is 36.3 Å². The highest BCUT2D eigenvalue weighted by atomic mass is 32.2. The van der Waals surface area contributed by atoms with Gasteiger partial charge < -0.3 is 14.9 Å². The van der Waals surface area contributed by atoms with E-state index in [1.54, 1.807) is 6.08 Å². The van der Waals surface area contributed by atoms with Gasteiger partial charge >= 0.3 is 12.1 Å². The van der Waals surface area contributed by atoms with Crippen LogP contribution in [-0.4, -0.2) is 47.4 Å². The molecule has 1 aliphatic rings. The lowest BCUT2D eigenvalue weighted by molar-refractivity contribution is -0.140. The summed E-state index contributed by atoms with van der Waals surface area (Å²) in [5.41, 5.74) is -0.667. The number of esters is 1. The summed E-state index contributed by atoms with van der Waals surface area (Å²) in [6.07, 6.45) is 2.33. The fraction of sp³-hybridized carbons (Fsp3) is 0.783. The summed E-state index contributed by atoms with van der Waals surface area (Å²) in [5, 5.41) is 20.6. The molecule has 0 aromatic rings. The third-order valence-electron chi connectivity index (χ3n) is 5.52. The minimum atomic E-state index is -4.48. The molecule has 0 radical (unpaired) electrons. The van der Waals surface area contributed by atoms with Crippen molar-refractivity contribution < 1.29 is 32.9 Å². The summed E-state index contributed by atoms with van der Waals surface area (Å²) < 4.78 is 45.1. The molecule has 31 heavy (non-hydrogen) atoms. The van der Waals surface area contributed by atoms with Crippen LogP contribution in [0, 0.1) is 11.8 Å². The molecule has 1 rings (SSSR count). The van der Waals surface area contributed by atoms with Crippen molar-refractivity contribution in [3.63, 3.8) is 0 Å². The first kappa shape index (κ1) is 28.0. The quantitative estimate of drug-likeness (QED) is 0.193. The molecule has 0 spiro atoms. The number of alkyl halides is 3. The van der Waals surface area contributed by atoms with Crippen molar-refractivity contribution >= 4 is 17.7 Å². The van der Waals surface area contributed by atoms with E-state index in [9.17, 15) is 28.2 Å². The van der Waals surface area contributed by atoms with Crippen molar-refractivity contribution in [1.29, 1.82) is 0 Å². The number of halogens is 3. The molecule has 4 nitrogen and oxygen atoms in total. The van der Waals surface area contributed by atoms with Gasteiger partial charge in [-0.05, 0) is 30.9 Å². The van der Waals surface area contributed by atoms with Gasteiger partial charge in [0, 0.05) is 29.2 Å². The normalized spacial score (nSPS) is 21.7. The van der Waals surface area contributed by atoms with Gasteiger partial charge in [-0.1, -0.05) is 51.7 Å². The van der Waals surface area contributed by atoms with Crippen LogP contribution in [0.2, 0.25) is 0 Å². The highest BCUT2D eigenvalue weighted by molar-refractivity contribution is 8.03. The van der Waals surface area contributed by atoms with Gasteiger partial charge in [0.25, 0.3) is 0 Å². The molecule has 0 bridgehead atoms. The first-order valence-electron chi connectivity index (χ1n) is 11.1. The minimum absolute atomic E-state index is 0.149. The van der Waals surface area contributed by atoms with Crippen molar-refractivity contribution in [1.82, 2.24) is 0 Å². The van der Waals surface area contributed by atoms with E-state index in [4.69, 9.17) is 0 Å². The molecule has 0 saturated heterocycles. The zero-order valence-electron chi connectivity index (χ0n) is 18.8. The summed E-state index contributed by atoms with van der Waals surface area (Å²) in [5.74, 6) is -0.240. The summed E-state index contributed by atoms with van der Waals surface area (Å²) in [6, 6.07) is 0. The maximum absolute atomic E-state index is 13.5. The predicted molar refractivity (Wildman–Crippen MR) is 119 cm³/mol. The molecule has 8 heteroatoms. The van der Waals surface area contributed by atoms with Gasteiger partial charge in [0.15, 0.2) is 0 Å². The predicted octanol–water partition coefficient (Wildman–Crippen LogP) is 5.78. The summed E-state index contributed by atoms with van der Waals surface area (Å²) >= 11 is 1.12. The van der Waals surface area contributed by atoms with Gasteiger partial charge in [-0.25, -0.2) is 0 Å². The molecule has 0 aromatic carbocycles. The summed E-state index contributed by atoms with van der Waals surface area (Å²) in [4.78, 5) is 11.3. The molecule has 4 atom stereocenters. The van der Waals surface area contributed by atoms with Crippen molar-refractivity contribution in [2.24, 2.45) is 11.8 Å². The number of thioether (sulfide) groups is 1. The van der Waals surface area contributed by atoms with Crippen LogP contribution in [0.4, 0.5) is 13.2 Å². The highest BCUT2D eigenvalue weighted by Gasteiger charge is 2.45. The fourth-order valence-electron chi connectivity index (χ4n) is 3.71. The second kappa shape index (κ2) is 14.2. The van der Waals surface area contributed by atoms with Crippen molar-refractivity contribution in [3.8, 4) is 0 Å². The lowest BCUT2D eigenvalue weighted by Gasteiger charge is -2.17. The molecule has 1 aliphatic carbocycles. The fourth-order valence-corrected chi connectivity index (χ4v) is 5.08. The topological polar surface area (TPSA) is 66.8 Å². The molecule has 0 aromatic heterocycles. The molecule has 0 heterocycles. The van der Waals surface area contributed by atoms with Crippen LogP contribution in [0.5, 0.6) is 0 Å². The molecule has 180 valence electrons.